The van der Waals surface area contributed by atoms with Gasteiger partial charge in [-0.1, -0.05) is 0 Å². The Labute approximate surface area is 87.8 Å². The fraction of sp³-hybridized carbons (Fsp3) is 0.600. The fourth-order valence-electron chi connectivity index (χ4n) is 1.79. The van der Waals surface area contributed by atoms with Gasteiger partial charge in [-0.2, -0.15) is 0 Å². The largest absolute Gasteiger partial charge is 0.338 e. The second kappa shape index (κ2) is 3.69. The highest BCUT2D eigenvalue weighted by Crippen LogP contribution is 2.21. The van der Waals surface area contributed by atoms with E-state index in [4.69, 9.17) is 0 Å². The smallest absolute Gasteiger partial charge is 0.265 e. The van der Waals surface area contributed by atoms with Gasteiger partial charge in [-0.25, -0.2) is 4.98 Å². The number of carbonyl (C=O) groups excluding carboxylic acids is 1. The molecule has 76 valence electrons. The summed E-state index contributed by atoms with van der Waals surface area (Å²) in [6.07, 6.45) is 2.28. The van der Waals surface area contributed by atoms with Crippen LogP contribution in [0.3, 0.4) is 0 Å². The van der Waals surface area contributed by atoms with Crippen molar-refractivity contribution < 1.29 is 4.79 Å². The first kappa shape index (κ1) is 9.65. The molecule has 0 atom stereocenters. The highest BCUT2D eigenvalue weighted by Gasteiger charge is 2.22. The maximum Gasteiger partial charge on any atom is 0.265 e. The van der Waals surface area contributed by atoms with Crippen molar-refractivity contribution in [1.82, 2.24) is 9.88 Å². The van der Waals surface area contributed by atoms with Gasteiger partial charge < -0.3 is 4.90 Å². The molecule has 1 fully saturated rings. The minimum absolute atomic E-state index is 0.172. The highest BCUT2D eigenvalue weighted by atomic mass is 32.1. The average Bonchev–Trinajstić information content (AvgIpc) is 2.73. The number of aromatic nitrogens is 1. The first-order valence-corrected chi connectivity index (χ1v) is 5.73. The molecule has 0 aromatic carbocycles. The molecule has 1 saturated heterocycles. The topological polar surface area (TPSA) is 33.2 Å². The lowest BCUT2D eigenvalue weighted by Gasteiger charge is -2.13. The van der Waals surface area contributed by atoms with E-state index in [0.717, 1.165) is 41.5 Å². The molecule has 0 unspecified atom stereocenters. The Bertz CT molecular complexity index is 353. The summed E-state index contributed by atoms with van der Waals surface area (Å²) in [7, 11) is 0. The summed E-state index contributed by atoms with van der Waals surface area (Å²) in [6.45, 7) is 5.68. The highest BCUT2D eigenvalue weighted by molar-refractivity contribution is 7.13. The Hall–Kier alpha value is -0.900. The molecule has 14 heavy (non-hydrogen) atoms. The van der Waals surface area contributed by atoms with Crippen molar-refractivity contribution in [1.29, 1.82) is 0 Å². The van der Waals surface area contributed by atoms with Crippen molar-refractivity contribution in [3.8, 4) is 0 Å². The van der Waals surface area contributed by atoms with Crippen LogP contribution in [0.25, 0.3) is 0 Å². The molecule has 3 nitrogen and oxygen atoms in total. The average molecular weight is 210 g/mol. The molecule has 1 aromatic rings. The number of hydrogen-bond donors (Lipinski definition) is 0. The number of likely N-dealkylation sites (tertiary alicyclic amines) is 1. The monoisotopic (exact) mass is 210 g/mol. The first-order valence-electron chi connectivity index (χ1n) is 4.92. The Balaban J connectivity index is 2.21. The fourth-order valence-corrected chi connectivity index (χ4v) is 2.68. The zero-order valence-corrected chi connectivity index (χ0v) is 9.36. The maximum absolute atomic E-state index is 12.0. The van der Waals surface area contributed by atoms with Crippen LogP contribution in [0, 0.1) is 13.8 Å². The summed E-state index contributed by atoms with van der Waals surface area (Å²) in [6, 6.07) is 0. The van der Waals surface area contributed by atoms with Crippen molar-refractivity contribution in [3.63, 3.8) is 0 Å². The number of amides is 1. The van der Waals surface area contributed by atoms with Crippen LogP contribution in [0.15, 0.2) is 0 Å². The second-order valence-corrected chi connectivity index (χ2v) is 4.85. The Kier molecular flexibility index (Phi) is 2.54. The molecule has 0 N–H and O–H groups in total. The predicted molar refractivity (Wildman–Crippen MR) is 56.7 cm³/mol. The molecule has 2 heterocycles. The van der Waals surface area contributed by atoms with E-state index in [-0.39, 0.29) is 5.91 Å². The SMILES string of the molecule is Cc1nc(C)c(C(=O)N2CCCC2)s1. The number of thiazole rings is 1. The third-order valence-corrected chi connectivity index (χ3v) is 3.55. The third kappa shape index (κ3) is 1.66. The van der Waals surface area contributed by atoms with Gasteiger partial charge in [0.2, 0.25) is 0 Å². The summed E-state index contributed by atoms with van der Waals surface area (Å²) in [5, 5.41) is 0.977. The molecule has 1 aliphatic heterocycles. The second-order valence-electron chi connectivity index (χ2n) is 3.65. The lowest BCUT2D eigenvalue weighted by molar-refractivity contribution is 0.0796. The van der Waals surface area contributed by atoms with E-state index in [2.05, 4.69) is 4.98 Å². The number of nitrogens with zero attached hydrogens (tertiary/aromatic N) is 2. The van der Waals surface area contributed by atoms with E-state index in [1.807, 2.05) is 18.7 Å². The molecule has 0 saturated carbocycles. The van der Waals surface area contributed by atoms with Gasteiger partial charge in [-0.05, 0) is 26.7 Å². The molecular weight excluding hydrogens is 196 g/mol. The van der Waals surface area contributed by atoms with Gasteiger partial charge in [-0.15, -0.1) is 11.3 Å². The number of carbonyl (C=O) groups is 1. The number of rotatable bonds is 1. The zero-order chi connectivity index (χ0) is 10.1. The van der Waals surface area contributed by atoms with E-state index >= 15 is 0 Å². The minimum Gasteiger partial charge on any atom is -0.338 e. The van der Waals surface area contributed by atoms with E-state index < -0.39 is 0 Å². The van der Waals surface area contributed by atoms with Gasteiger partial charge >= 0.3 is 0 Å². The molecule has 1 aromatic heterocycles. The Morgan fingerprint density at radius 2 is 2.00 bits per heavy atom. The van der Waals surface area contributed by atoms with Crippen LogP contribution in [0.5, 0.6) is 0 Å². The normalized spacial score (nSPS) is 16.3. The van der Waals surface area contributed by atoms with Gasteiger partial charge in [0.25, 0.3) is 5.91 Å². The maximum atomic E-state index is 12.0. The van der Waals surface area contributed by atoms with Crippen LogP contribution in [0.2, 0.25) is 0 Å². The van der Waals surface area contributed by atoms with Crippen molar-refractivity contribution in [2.24, 2.45) is 0 Å². The quantitative estimate of drug-likeness (QED) is 0.710. The van der Waals surface area contributed by atoms with Crippen LogP contribution < -0.4 is 0 Å². The molecule has 0 radical (unpaired) electrons. The predicted octanol–water partition coefficient (Wildman–Crippen LogP) is 2.00. The van der Waals surface area contributed by atoms with E-state index in [1.165, 1.54) is 11.3 Å². The van der Waals surface area contributed by atoms with Crippen molar-refractivity contribution in [3.05, 3.63) is 15.6 Å². The lowest BCUT2D eigenvalue weighted by atomic mass is 10.3. The van der Waals surface area contributed by atoms with Crippen molar-refractivity contribution >= 4 is 17.2 Å². The summed E-state index contributed by atoms with van der Waals surface area (Å²) in [4.78, 5) is 19.0. The van der Waals surface area contributed by atoms with Crippen molar-refractivity contribution in [2.45, 2.75) is 26.7 Å². The standard InChI is InChI=1S/C10H14N2OS/c1-7-9(14-8(2)11-7)10(13)12-5-3-4-6-12/h3-6H2,1-2H3. The molecule has 0 bridgehead atoms. The van der Waals surface area contributed by atoms with E-state index in [9.17, 15) is 4.79 Å². The van der Waals surface area contributed by atoms with Gasteiger partial charge in [0.05, 0.1) is 10.7 Å². The summed E-state index contributed by atoms with van der Waals surface area (Å²) >= 11 is 1.51. The first-order chi connectivity index (χ1) is 6.68. The van der Waals surface area contributed by atoms with Crippen LogP contribution in [0.4, 0.5) is 0 Å². The zero-order valence-electron chi connectivity index (χ0n) is 8.54. The van der Waals surface area contributed by atoms with Crippen LogP contribution in [-0.2, 0) is 0 Å². The molecule has 0 aliphatic carbocycles. The lowest BCUT2D eigenvalue weighted by Crippen LogP contribution is -2.27. The molecule has 1 aliphatic rings. The van der Waals surface area contributed by atoms with Gasteiger partial charge in [-0.3, -0.25) is 4.79 Å². The van der Waals surface area contributed by atoms with Crippen LogP contribution in [-0.4, -0.2) is 28.9 Å². The number of hydrogen-bond acceptors (Lipinski definition) is 3. The molecule has 0 spiro atoms. The van der Waals surface area contributed by atoms with Gasteiger partial charge in [0.1, 0.15) is 4.88 Å². The number of aryl methyl sites for hydroxylation is 2. The summed E-state index contributed by atoms with van der Waals surface area (Å²) < 4.78 is 0. The summed E-state index contributed by atoms with van der Waals surface area (Å²) in [5.74, 6) is 0.172. The molecule has 2 rings (SSSR count). The van der Waals surface area contributed by atoms with Gasteiger partial charge in [0.15, 0.2) is 0 Å². The van der Waals surface area contributed by atoms with Crippen LogP contribution >= 0.6 is 11.3 Å². The molecule has 1 amide bonds. The van der Waals surface area contributed by atoms with E-state index in [1.54, 1.807) is 0 Å². The molecule has 4 heteroatoms. The molecular formula is C10H14N2OS. The third-order valence-electron chi connectivity index (χ3n) is 2.49. The van der Waals surface area contributed by atoms with Crippen molar-refractivity contribution in [2.75, 3.05) is 13.1 Å². The Morgan fingerprint density at radius 1 is 1.36 bits per heavy atom. The van der Waals surface area contributed by atoms with E-state index in [0.29, 0.717) is 0 Å². The minimum atomic E-state index is 0.172. The van der Waals surface area contributed by atoms with Gasteiger partial charge in [0, 0.05) is 13.1 Å². The summed E-state index contributed by atoms with van der Waals surface area (Å²) in [5.41, 5.74) is 0.879. The van der Waals surface area contributed by atoms with Crippen LogP contribution in [0.1, 0.15) is 33.2 Å². The Morgan fingerprint density at radius 3 is 2.50 bits per heavy atom.